The lowest BCUT2D eigenvalue weighted by atomic mass is 10.1. The number of nitrogens with zero attached hydrogens (tertiary/aromatic N) is 2. The molecule has 0 aliphatic rings. The molecule has 0 radical (unpaired) electrons. The standard InChI is InChI=1S/C16H18ClN3O/c1-11-5-4-6-13(9-11)10-18-15(21)8-7-14-12(2)19-20(3)16(14)17/h4-9H,10H2,1-3H3,(H,18,21)/b8-7+. The summed E-state index contributed by atoms with van der Waals surface area (Å²) in [4.78, 5) is 11.8. The van der Waals surface area contributed by atoms with Crippen LogP contribution in [0, 0.1) is 13.8 Å². The summed E-state index contributed by atoms with van der Waals surface area (Å²) in [6, 6.07) is 8.04. The van der Waals surface area contributed by atoms with Crippen molar-refractivity contribution in [2.24, 2.45) is 7.05 Å². The van der Waals surface area contributed by atoms with Gasteiger partial charge in [-0.25, -0.2) is 0 Å². The molecule has 0 aliphatic heterocycles. The van der Waals surface area contributed by atoms with E-state index in [0.29, 0.717) is 11.7 Å². The Morgan fingerprint density at radius 2 is 2.19 bits per heavy atom. The molecule has 0 atom stereocenters. The summed E-state index contributed by atoms with van der Waals surface area (Å²) in [6.45, 7) is 4.39. The summed E-state index contributed by atoms with van der Waals surface area (Å²) in [6.07, 6.45) is 3.17. The monoisotopic (exact) mass is 303 g/mol. The van der Waals surface area contributed by atoms with Crippen LogP contribution in [-0.4, -0.2) is 15.7 Å². The second-order valence-corrected chi connectivity index (χ2v) is 5.31. The van der Waals surface area contributed by atoms with Crippen molar-refractivity contribution in [3.63, 3.8) is 0 Å². The first-order valence-corrected chi connectivity index (χ1v) is 7.05. The number of nitrogens with one attached hydrogen (secondary N) is 1. The first-order chi connectivity index (χ1) is 9.97. The van der Waals surface area contributed by atoms with Crippen molar-refractivity contribution in [3.05, 3.63) is 57.9 Å². The second-order valence-electron chi connectivity index (χ2n) is 4.95. The lowest BCUT2D eigenvalue weighted by Crippen LogP contribution is -2.20. The van der Waals surface area contributed by atoms with Crippen molar-refractivity contribution in [2.75, 3.05) is 0 Å². The van der Waals surface area contributed by atoms with Gasteiger partial charge in [0.1, 0.15) is 5.15 Å². The molecule has 1 aromatic heterocycles. The molecule has 1 aromatic carbocycles. The third-order valence-corrected chi connectivity index (χ3v) is 3.59. The van der Waals surface area contributed by atoms with Gasteiger partial charge in [0.2, 0.25) is 5.91 Å². The Balaban J connectivity index is 1.97. The number of halogens is 1. The van der Waals surface area contributed by atoms with Crippen molar-refractivity contribution >= 4 is 23.6 Å². The predicted molar refractivity (Wildman–Crippen MR) is 85.0 cm³/mol. The summed E-state index contributed by atoms with van der Waals surface area (Å²) >= 11 is 6.11. The van der Waals surface area contributed by atoms with Crippen LogP contribution in [0.3, 0.4) is 0 Å². The highest BCUT2D eigenvalue weighted by Gasteiger charge is 2.08. The molecule has 0 spiro atoms. The number of hydrogen-bond donors (Lipinski definition) is 1. The summed E-state index contributed by atoms with van der Waals surface area (Å²) < 4.78 is 1.58. The molecular formula is C16H18ClN3O. The zero-order valence-corrected chi connectivity index (χ0v) is 13.1. The maximum atomic E-state index is 11.8. The van der Waals surface area contributed by atoms with Crippen molar-refractivity contribution in [3.8, 4) is 0 Å². The van der Waals surface area contributed by atoms with E-state index in [1.807, 2.05) is 38.1 Å². The molecule has 2 rings (SSSR count). The quantitative estimate of drug-likeness (QED) is 0.883. The number of carbonyl (C=O) groups is 1. The Labute approximate surface area is 129 Å². The molecule has 0 aliphatic carbocycles. The van der Waals surface area contributed by atoms with Crippen molar-refractivity contribution in [1.82, 2.24) is 15.1 Å². The van der Waals surface area contributed by atoms with Crippen LogP contribution < -0.4 is 5.32 Å². The summed E-state index contributed by atoms with van der Waals surface area (Å²) in [5.41, 5.74) is 3.82. The van der Waals surface area contributed by atoms with E-state index in [1.54, 1.807) is 17.8 Å². The number of benzene rings is 1. The molecule has 4 nitrogen and oxygen atoms in total. The average Bonchev–Trinajstić information content (AvgIpc) is 2.68. The SMILES string of the molecule is Cc1cccc(CNC(=O)/C=C/c2c(C)nn(C)c2Cl)c1. The van der Waals surface area contributed by atoms with Crippen LogP contribution in [0.1, 0.15) is 22.4 Å². The lowest BCUT2D eigenvalue weighted by Gasteiger charge is -2.03. The molecule has 5 heteroatoms. The van der Waals surface area contributed by atoms with Gasteiger partial charge < -0.3 is 5.32 Å². The average molecular weight is 304 g/mol. The number of aromatic nitrogens is 2. The topological polar surface area (TPSA) is 46.9 Å². The Hall–Kier alpha value is -2.07. The minimum Gasteiger partial charge on any atom is -0.348 e. The van der Waals surface area contributed by atoms with E-state index >= 15 is 0 Å². The fourth-order valence-electron chi connectivity index (χ4n) is 2.06. The van der Waals surface area contributed by atoms with Crippen LogP contribution in [0.2, 0.25) is 5.15 Å². The molecule has 110 valence electrons. The number of rotatable bonds is 4. The number of carbonyl (C=O) groups excluding carboxylic acids is 1. The number of amides is 1. The van der Waals surface area contributed by atoms with E-state index in [-0.39, 0.29) is 5.91 Å². The third kappa shape index (κ3) is 3.95. The van der Waals surface area contributed by atoms with Crippen molar-refractivity contribution < 1.29 is 4.79 Å². The highest BCUT2D eigenvalue weighted by atomic mass is 35.5. The summed E-state index contributed by atoms with van der Waals surface area (Å²) in [5.74, 6) is -0.157. The third-order valence-electron chi connectivity index (χ3n) is 3.15. The van der Waals surface area contributed by atoms with Gasteiger partial charge >= 0.3 is 0 Å². The molecule has 0 fully saturated rings. The van der Waals surface area contributed by atoms with Crippen LogP contribution >= 0.6 is 11.6 Å². The van der Waals surface area contributed by atoms with Crippen molar-refractivity contribution in [1.29, 1.82) is 0 Å². The second kappa shape index (κ2) is 6.59. The first kappa shape index (κ1) is 15.3. The van der Waals surface area contributed by atoms with Crippen LogP contribution in [0.25, 0.3) is 6.08 Å². The fraction of sp³-hybridized carbons (Fsp3) is 0.250. The molecule has 21 heavy (non-hydrogen) atoms. The van der Waals surface area contributed by atoms with Gasteiger partial charge in [0, 0.05) is 25.2 Å². The van der Waals surface area contributed by atoms with E-state index in [9.17, 15) is 4.79 Å². The van der Waals surface area contributed by atoms with E-state index in [0.717, 1.165) is 16.8 Å². The molecule has 1 heterocycles. The summed E-state index contributed by atoms with van der Waals surface area (Å²) in [5, 5.41) is 7.56. The van der Waals surface area contributed by atoms with E-state index < -0.39 is 0 Å². The minimum absolute atomic E-state index is 0.157. The summed E-state index contributed by atoms with van der Waals surface area (Å²) in [7, 11) is 1.77. The van der Waals surface area contributed by atoms with Crippen LogP contribution in [0.5, 0.6) is 0 Å². The largest absolute Gasteiger partial charge is 0.348 e. The Bertz CT molecular complexity index is 689. The molecule has 1 amide bonds. The van der Waals surface area contributed by atoms with Gasteiger partial charge in [-0.1, -0.05) is 41.4 Å². The molecule has 2 aromatic rings. The maximum absolute atomic E-state index is 11.8. The maximum Gasteiger partial charge on any atom is 0.244 e. The van der Waals surface area contributed by atoms with Gasteiger partial charge in [0.15, 0.2) is 0 Å². The first-order valence-electron chi connectivity index (χ1n) is 6.68. The molecular weight excluding hydrogens is 286 g/mol. The molecule has 0 saturated carbocycles. The van der Waals surface area contributed by atoms with Gasteiger partial charge in [0.05, 0.1) is 5.69 Å². The van der Waals surface area contributed by atoms with Gasteiger partial charge in [-0.05, 0) is 25.5 Å². The molecule has 0 unspecified atom stereocenters. The van der Waals surface area contributed by atoms with Crippen LogP contribution in [-0.2, 0) is 18.4 Å². The van der Waals surface area contributed by atoms with Gasteiger partial charge in [-0.3, -0.25) is 9.48 Å². The van der Waals surface area contributed by atoms with E-state index in [4.69, 9.17) is 11.6 Å². The molecule has 0 bridgehead atoms. The molecule has 0 saturated heterocycles. The zero-order chi connectivity index (χ0) is 15.4. The Morgan fingerprint density at radius 1 is 1.43 bits per heavy atom. The van der Waals surface area contributed by atoms with Crippen LogP contribution in [0.4, 0.5) is 0 Å². The Morgan fingerprint density at radius 3 is 2.81 bits per heavy atom. The minimum atomic E-state index is -0.157. The molecule has 1 N–H and O–H groups in total. The highest BCUT2D eigenvalue weighted by Crippen LogP contribution is 2.19. The van der Waals surface area contributed by atoms with E-state index in [1.165, 1.54) is 11.6 Å². The normalized spacial score (nSPS) is 11.0. The number of hydrogen-bond acceptors (Lipinski definition) is 2. The lowest BCUT2D eigenvalue weighted by molar-refractivity contribution is -0.116. The number of aryl methyl sites for hydroxylation is 3. The highest BCUT2D eigenvalue weighted by molar-refractivity contribution is 6.31. The zero-order valence-electron chi connectivity index (χ0n) is 12.4. The van der Waals surface area contributed by atoms with Crippen LogP contribution in [0.15, 0.2) is 30.3 Å². The smallest absolute Gasteiger partial charge is 0.244 e. The Kier molecular flexibility index (Phi) is 4.81. The van der Waals surface area contributed by atoms with Gasteiger partial charge in [0.25, 0.3) is 0 Å². The predicted octanol–water partition coefficient (Wildman–Crippen LogP) is 3.02. The fourth-order valence-corrected chi connectivity index (χ4v) is 2.30. The van der Waals surface area contributed by atoms with Gasteiger partial charge in [-0.15, -0.1) is 0 Å². The van der Waals surface area contributed by atoms with Crippen molar-refractivity contribution in [2.45, 2.75) is 20.4 Å². The van der Waals surface area contributed by atoms with E-state index in [2.05, 4.69) is 10.4 Å². The van der Waals surface area contributed by atoms with Gasteiger partial charge in [-0.2, -0.15) is 5.10 Å².